The lowest BCUT2D eigenvalue weighted by molar-refractivity contribution is -0.0454. The number of rotatable bonds is 2. The minimum atomic E-state index is -0.594. The van der Waals surface area contributed by atoms with Crippen molar-refractivity contribution in [2.45, 2.75) is 46.1 Å². The Morgan fingerprint density at radius 2 is 2.12 bits per heavy atom. The molecule has 3 nitrogen and oxygen atoms in total. The second-order valence-electron chi connectivity index (χ2n) is 5.18. The van der Waals surface area contributed by atoms with Gasteiger partial charge in [0, 0.05) is 5.92 Å². The largest absolute Gasteiger partial charge is 0.508 e. The van der Waals surface area contributed by atoms with Crippen LogP contribution in [0.2, 0.25) is 0 Å². The van der Waals surface area contributed by atoms with Crippen LogP contribution in [0.5, 0.6) is 0 Å². The van der Waals surface area contributed by atoms with Gasteiger partial charge in [-0.2, -0.15) is 0 Å². The van der Waals surface area contributed by atoms with E-state index in [1.54, 1.807) is 0 Å². The molecule has 0 bridgehead atoms. The quantitative estimate of drug-likeness (QED) is 0.533. The fraction of sp³-hybridized carbons (Fsp3) is 0.769. The summed E-state index contributed by atoms with van der Waals surface area (Å²) in [5.41, 5.74) is 0.976. The average Bonchev–Trinajstić information content (AvgIpc) is 2.21. The SMILES string of the molecule is COC(=O)OC(C)(C)C1CC=C(C)C(C)C1. The normalized spacial score (nSPS) is 25.9. The van der Waals surface area contributed by atoms with Crippen LogP contribution >= 0.6 is 0 Å². The van der Waals surface area contributed by atoms with Crippen molar-refractivity contribution in [3.63, 3.8) is 0 Å². The predicted molar refractivity (Wildman–Crippen MR) is 63.2 cm³/mol. The van der Waals surface area contributed by atoms with E-state index in [0.29, 0.717) is 11.8 Å². The van der Waals surface area contributed by atoms with E-state index < -0.39 is 11.8 Å². The first-order chi connectivity index (χ1) is 7.36. The van der Waals surface area contributed by atoms with Crippen molar-refractivity contribution in [2.75, 3.05) is 7.11 Å². The molecule has 0 heterocycles. The van der Waals surface area contributed by atoms with Crippen LogP contribution in [0.4, 0.5) is 4.79 Å². The highest BCUT2D eigenvalue weighted by atomic mass is 16.7. The molecule has 2 atom stereocenters. The van der Waals surface area contributed by atoms with Crippen molar-refractivity contribution in [1.29, 1.82) is 0 Å². The number of allylic oxidation sites excluding steroid dienone is 2. The van der Waals surface area contributed by atoms with Crippen LogP contribution in [0, 0.1) is 11.8 Å². The summed E-state index contributed by atoms with van der Waals surface area (Å²) < 4.78 is 9.87. The van der Waals surface area contributed by atoms with Crippen LogP contribution in [0.25, 0.3) is 0 Å². The molecule has 0 spiro atoms. The van der Waals surface area contributed by atoms with E-state index in [0.717, 1.165) is 12.8 Å². The van der Waals surface area contributed by atoms with Gasteiger partial charge >= 0.3 is 6.16 Å². The van der Waals surface area contributed by atoms with Gasteiger partial charge in [0.1, 0.15) is 5.60 Å². The summed E-state index contributed by atoms with van der Waals surface area (Å²) in [6.45, 7) is 8.28. The summed E-state index contributed by atoms with van der Waals surface area (Å²) in [6, 6.07) is 0. The van der Waals surface area contributed by atoms with Crippen molar-refractivity contribution in [3.8, 4) is 0 Å². The lowest BCUT2D eigenvalue weighted by Gasteiger charge is -2.37. The number of carbonyl (C=O) groups excluding carboxylic acids is 1. The Morgan fingerprint density at radius 3 is 2.62 bits per heavy atom. The third-order valence-corrected chi connectivity index (χ3v) is 3.64. The van der Waals surface area contributed by atoms with Gasteiger partial charge in [-0.05, 0) is 39.5 Å². The molecule has 0 aromatic heterocycles. The van der Waals surface area contributed by atoms with Crippen molar-refractivity contribution in [1.82, 2.24) is 0 Å². The molecule has 0 amide bonds. The van der Waals surface area contributed by atoms with Crippen LogP contribution in [0.3, 0.4) is 0 Å². The lowest BCUT2D eigenvalue weighted by Crippen LogP contribution is -2.38. The molecule has 2 unspecified atom stereocenters. The first kappa shape index (κ1) is 13.1. The number of methoxy groups -OCH3 is 1. The molecule has 0 N–H and O–H groups in total. The van der Waals surface area contributed by atoms with E-state index in [1.165, 1.54) is 12.7 Å². The average molecular weight is 226 g/mol. The van der Waals surface area contributed by atoms with Gasteiger partial charge in [0.15, 0.2) is 0 Å². The molecule has 0 aliphatic heterocycles. The predicted octanol–water partition coefficient (Wildman–Crippen LogP) is 3.54. The number of hydrogen-bond acceptors (Lipinski definition) is 3. The molecule has 1 aliphatic carbocycles. The van der Waals surface area contributed by atoms with Gasteiger partial charge in [0.05, 0.1) is 7.11 Å². The Labute approximate surface area is 97.8 Å². The highest BCUT2D eigenvalue weighted by Crippen LogP contribution is 2.37. The standard InChI is InChI=1S/C13H22O3/c1-9-6-7-11(8-10(9)2)13(3,4)16-12(14)15-5/h6,10-11H,7-8H2,1-5H3. The minimum absolute atomic E-state index is 0.366. The molecule has 1 aliphatic rings. The smallest absolute Gasteiger partial charge is 0.438 e. The van der Waals surface area contributed by atoms with E-state index >= 15 is 0 Å². The number of carbonyl (C=O) groups is 1. The van der Waals surface area contributed by atoms with E-state index in [4.69, 9.17) is 4.74 Å². The maximum atomic E-state index is 11.2. The zero-order chi connectivity index (χ0) is 12.3. The minimum Gasteiger partial charge on any atom is -0.438 e. The van der Waals surface area contributed by atoms with Gasteiger partial charge in [-0.25, -0.2) is 4.79 Å². The van der Waals surface area contributed by atoms with Gasteiger partial charge in [-0.15, -0.1) is 0 Å². The molecule has 16 heavy (non-hydrogen) atoms. The van der Waals surface area contributed by atoms with E-state index in [-0.39, 0.29) is 0 Å². The molecule has 0 aromatic carbocycles. The summed E-state index contributed by atoms with van der Waals surface area (Å²) in [6.07, 6.45) is 3.69. The fourth-order valence-corrected chi connectivity index (χ4v) is 2.15. The van der Waals surface area contributed by atoms with Crippen molar-refractivity contribution in [3.05, 3.63) is 11.6 Å². The second-order valence-corrected chi connectivity index (χ2v) is 5.18. The second kappa shape index (κ2) is 4.89. The third-order valence-electron chi connectivity index (χ3n) is 3.64. The monoisotopic (exact) mass is 226 g/mol. The summed E-state index contributed by atoms with van der Waals surface area (Å²) >= 11 is 0. The Hall–Kier alpha value is -0.990. The molecular formula is C13H22O3. The third kappa shape index (κ3) is 3.00. The molecule has 0 fully saturated rings. The summed E-state index contributed by atoms with van der Waals surface area (Å²) in [5.74, 6) is 0.935. The topological polar surface area (TPSA) is 35.5 Å². The van der Waals surface area contributed by atoms with Gasteiger partial charge in [0.2, 0.25) is 0 Å². The summed E-state index contributed by atoms with van der Waals surface area (Å²) in [5, 5.41) is 0. The first-order valence-corrected chi connectivity index (χ1v) is 5.80. The zero-order valence-corrected chi connectivity index (χ0v) is 10.9. The molecule has 0 saturated carbocycles. The van der Waals surface area contributed by atoms with Crippen LogP contribution in [0.15, 0.2) is 11.6 Å². The van der Waals surface area contributed by atoms with Gasteiger partial charge in [0.25, 0.3) is 0 Å². The number of ether oxygens (including phenoxy) is 2. The maximum Gasteiger partial charge on any atom is 0.508 e. The summed E-state index contributed by atoms with van der Waals surface area (Å²) in [7, 11) is 1.34. The van der Waals surface area contributed by atoms with Gasteiger partial charge < -0.3 is 9.47 Å². The Morgan fingerprint density at radius 1 is 1.50 bits per heavy atom. The highest BCUT2D eigenvalue weighted by molar-refractivity contribution is 5.60. The van der Waals surface area contributed by atoms with Gasteiger partial charge in [-0.3, -0.25) is 0 Å². The molecule has 3 heteroatoms. The Kier molecular flexibility index (Phi) is 4.00. The van der Waals surface area contributed by atoms with Gasteiger partial charge in [-0.1, -0.05) is 18.6 Å². The maximum absolute atomic E-state index is 11.2. The van der Waals surface area contributed by atoms with E-state index in [1.807, 2.05) is 13.8 Å². The van der Waals surface area contributed by atoms with Crippen molar-refractivity contribution < 1.29 is 14.3 Å². The van der Waals surface area contributed by atoms with Crippen LogP contribution < -0.4 is 0 Å². The van der Waals surface area contributed by atoms with Crippen LogP contribution in [-0.4, -0.2) is 18.9 Å². The summed E-state index contributed by atoms with van der Waals surface area (Å²) in [4.78, 5) is 11.2. The molecule has 0 saturated heterocycles. The Balaban J connectivity index is 2.67. The van der Waals surface area contributed by atoms with E-state index in [2.05, 4.69) is 24.7 Å². The Bertz CT molecular complexity index is 292. The van der Waals surface area contributed by atoms with Crippen LogP contribution in [0.1, 0.15) is 40.5 Å². The molecule has 92 valence electrons. The zero-order valence-electron chi connectivity index (χ0n) is 10.9. The first-order valence-electron chi connectivity index (χ1n) is 5.80. The fourth-order valence-electron chi connectivity index (χ4n) is 2.15. The number of hydrogen-bond donors (Lipinski definition) is 0. The van der Waals surface area contributed by atoms with Crippen molar-refractivity contribution >= 4 is 6.16 Å². The molecule has 0 aromatic rings. The molecule has 1 rings (SSSR count). The van der Waals surface area contributed by atoms with Crippen molar-refractivity contribution in [2.24, 2.45) is 11.8 Å². The van der Waals surface area contributed by atoms with E-state index in [9.17, 15) is 4.79 Å². The highest BCUT2D eigenvalue weighted by Gasteiger charge is 2.35. The van der Waals surface area contributed by atoms with Crippen LogP contribution in [-0.2, 0) is 9.47 Å². The lowest BCUT2D eigenvalue weighted by atomic mass is 9.75. The molecule has 0 radical (unpaired) electrons. The molecular weight excluding hydrogens is 204 g/mol.